The van der Waals surface area contributed by atoms with Gasteiger partial charge in [0.15, 0.2) is 0 Å². The molecule has 162 valence electrons. The van der Waals surface area contributed by atoms with Crippen molar-refractivity contribution in [3.05, 3.63) is 39.4 Å². The molecule has 31 heavy (non-hydrogen) atoms. The summed E-state index contributed by atoms with van der Waals surface area (Å²) in [4.78, 5) is 26.1. The Bertz CT molecular complexity index is 1220. The number of halogens is 2. The Labute approximate surface area is 176 Å². The Kier molecular flexibility index (Phi) is 4.35. The predicted molar refractivity (Wildman–Crippen MR) is 109 cm³/mol. The summed E-state index contributed by atoms with van der Waals surface area (Å²) in [6, 6.07) is 2.31. The van der Waals surface area contributed by atoms with Crippen LogP contribution < -0.4 is 16.1 Å². The van der Waals surface area contributed by atoms with Gasteiger partial charge in [-0.3, -0.25) is 4.79 Å². The van der Waals surface area contributed by atoms with E-state index in [0.29, 0.717) is 19.0 Å². The van der Waals surface area contributed by atoms with Gasteiger partial charge in [-0.2, -0.15) is 5.26 Å². The van der Waals surface area contributed by atoms with Crippen LogP contribution in [0.3, 0.4) is 0 Å². The van der Waals surface area contributed by atoms with Gasteiger partial charge in [0.05, 0.1) is 22.6 Å². The number of fused-ring (bicyclic) bond motifs is 2. The van der Waals surface area contributed by atoms with Gasteiger partial charge in [0.25, 0.3) is 0 Å². The lowest BCUT2D eigenvalue weighted by Gasteiger charge is -2.44. The summed E-state index contributed by atoms with van der Waals surface area (Å²) in [5.74, 6) is -1.90. The number of carboxylic acid groups (broad SMARTS) is 1. The minimum Gasteiger partial charge on any atom is -0.477 e. The molecular formula is C22H22F2N4O3. The van der Waals surface area contributed by atoms with E-state index < -0.39 is 40.5 Å². The number of hydrogen-bond acceptors (Lipinski definition) is 5. The molecule has 0 bridgehead atoms. The number of hydrogen-bond donors (Lipinski definition) is 2. The number of nitrogens with two attached hydrogens (primary N) is 1. The second kappa shape index (κ2) is 6.76. The highest BCUT2D eigenvalue weighted by atomic mass is 19.1. The number of alkyl halides is 1. The standard InChI is InChI=1S/C22H22F2N4O3/c23-15-7-17(15)28-9-14(21(30)31)20(29)12-6-16(24)19(13(8-25)18(12)28)27-5-3-11-2-1-4-22(11,26)10-27/h6,9,11,15,17H,1-5,7,10,26H2,(H,30,31)/t11?,15-,17+,22+/m0/s1. The van der Waals surface area contributed by atoms with Crippen molar-refractivity contribution in [1.82, 2.24) is 4.57 Å². The fourth-order valence-corrected chi connectivity index (χ4v) is 5.49. The molecule has 0 radical (unpaired) electrons. The summed E-state index contributed by atoms with van der Waals surface area (Å²) in [5, 5.41) is 19.2. The third-order valence-corrected chi connectivity index (χ3v) is 7.18. The molecule has 4 atom stereocenters. The van der Waals surface area contributed by atoms with Gasteiger partial charge in [0.1, 0.15) is 29.2 Å². The molecule has 5 rings (SSSR count). The van der Waals surface area contributed by atoms with Crippen LogP contribution in [0.2, 0.25) is 0 Å². The van der Waals surface area contributed by atoms with Crippen molar-refractivity contribution in [2.45, 2.75) is 49.9 Å². The van der Waals surface area contributed by atoms with Crippen LogP contribution in [-0.2, 0) is 0 Å². The maximum Gasteiger partial charge on any atom is 0.341 e. The highest BCUT2D eigenvalue weighted by Gasteiger charge is 2.45. The highest BCUT2D eigenvalue weighted by molar-refractivity contribution is 5.96. The number of nitriles is 1. The van der Waals surface area contributed by atoms with E-state index in [4.69, 9.17) is 5.73 Å². The zero-order valence-corrected chi connectivity index (χ0v) is 16.8. The lowest BCUT2D eigenvalue weighted by atomic mass is 9.81. The number of piperidine rings is 1. The van der Waals surface area contributed by atoms with Gasteiger partial charge in [-0.15, -0.1) is 0 Å². The largest absolute Gasteiger partial charge is 0.477 e. The number of aromatic nitrogens is 1. The normalized spacial score (nSPS) is 29.6. The Morgan fingerprint density at radius 2 is 2.13 bits per heavy atom. The molecule has 2 aliphatic carbocycles. The number of pyridine rings is 1. The zero-order valence-electron chi connectivity index (χ0n) is 16.8. The lowest BCUT2D eigenvalue weighted by molar-refractivity contribution is 0.0694. The number of benzene rings is 1. The number of anilines is 1. The quantitative estimate of drug-likeness (QED) is 0.777. The molecule has 1 aromatic heterocycles. The van der Waals surface area contributed by atoms with Gasteiger partial charge < -0.3 is 20.3 Å². The summed E-state index contributed by atoms with van der Waals surface area (Å²) in [6.45, 7) is 0.911. The number of nitrogens with zero attached hydrogens (tertiary/aromatic N) is 3. The monoisotopic (exact) mass is 428 g/mol. The van der Waals surface area contributed by atoms with Gasteiger partial charge >= 0.3 is 5.97 Å². The minimum atomic E-state index is -1.48. The number of rotatable bonds is 3. The van der Waals surface area contributed by atoms with Crippen LogP contribution in [0, 0.1) is 23.1 Å². The average Bonchev–Trinajstić information content (AvgIpc) is 3.31. The summed E-state index contributed by atoms with van der Waals surface area (Å²) in [5.41, 5.74) is 4.75. The van der Waals surface area contributed by atoms with E-state index in [2.05, 4.69) is 0 Å². The summed E-state index contributed by atoms with van der Waals surface area (Å²) in [6.07, 6.45) is 3.65. The Balaban J connectivity index is 1.75. The molecule has 0 amide bonds. The first-order chi connectivity index (χ1) is 14.7. The average molecular weight is 428 g/mol. The van der Waals surface area contributed by atoms with Crippen LogP contribution in [0.5, 0.6) is 0 Å². The van der Waals surface area contributed by atoms with E-state index in [9.17, 15) is 24.3 Å². The third-order valence-electron chi connectivity index (χ3n) is 7.18. The fraction of sp³-hybridized carbons (Fsp3) is 0.500. The highest BCUT2D eigenvalue weighted by Crippen LogP contribution is 2.45. The molecule has 3 aliphatic rings. The van der Waals surface area contributed by atoms with Crippen LogP contribution in [0.4, 0.5) is 14.5 Å². The Morgan fingerprint density at radius 3 is 2.77 bits per heavy atom. The molecule has 1 aromatic carbocycles. The van der Waals surface area contributed by atoms with Crippen molar-refractivity contribution >= 4 is 22.6 Å². The van der Waals surface area contributed by atoms with Crippen LogP contribution in [0.1, 0.15) is 54.1 Å². The predicted octanol–water partition coefficient (Wildman–Crippen LogP) is 2.70. The number of carboxylic acids is 1. The van der Waals surface area contributed by atoms with Gasteiger partial charge in [-0.25, -0.2) is 13.6 Å². The van der Waals surface area contributed by atoms with Crippen LogP contribution in [0.15, 0.2) is 17.1 Å². The topological polar surface area (TPSA) is 112 Å². The number of aromatic carboxylic acids is 1. The van der Waals surface area contributed by atoms with Crippen LogP contribution in [0.25, 0.3) is 10.9 Å². The van der Waals surface area contributed by atoms with Gasteiger partial charge in [0.2, 0.25) is 5.43 Å². The van der Waals surface area contributed by atoms with E-state index in [1.807, 2.05) is 6.07 Å². The van der Waals surface area contributed by atoms with Crippen molar-refractivity contribution in [3.8, 4) is 6.07 Å². The molecule has 2 aromatic rings. The van der Waals surface area contributed by atoms with Gasteiger partial charge in [0, 0.05) is 31.2 Å². The van der Waals surface area contributed by atoms with Crippen molar-refractivity contribution < 1.29 is 18.7 Å². The molecule has 1 saturated heterocycles. The second-order valence-corrected chi connectivity index (χ2v) is 9.03. The second-order valence-electron chi connectivity index (χ2n) is 9.03. The molecule has 7 nitrogen and oxygen atoms in total. The lowest BCUT2D eigenvalue weighted by Crippen LogP contribution is -2.57. The molecule has 9 heteroatoms. The Morgan fingerprint density at radius 1 is 1.39 bits per heavy atom. The molecule has 3 fully saturated rings. The third kappa shape index (κ3) is 2.92. The number of carbonyl (C=O) groups is 1. The first kappa shape index (κ1) is 19.9. The SMILES string of the molecule is N#Cc1c(N2CCC3CCC[C@@]3(N)C2)c(F)cc2c(=O)c(C(=O)O)cn([C@@H]3C[C@@H]3F)c12. The molecular weight excluding hydrogens is 406 g/mol. The summed E-state index contributed by atoms with van der Waals surface area (Å²) in [7, 11) is 0. The molecule has 2 heterocycles. The van der Waals surface area contributed by atoms with Crippen LogP contribution >= 0.6 is 0 Å². The van der Waals surface area contributed by atoms with Crippen molar-refractivity contribution in [2.75, 3.05) is 18.0 Å². The summed E-state index contributed by atoms with van der Waals surface area (Å²) >= 11 is 0. The van der Waals surface area contributed by atoms with E-state index in [1.165, 1.54) is 4.57 Å². The maximum absolute atomic E-state index is 15.4. The van der Waals surface area contributed by atoms with E-state index in [1.54, 1.807) is 4.90 Å². The minimum absolute atomic E-state index is 0.0532. The van der Waals surface area contributed by atoms with E-state index in [0.717, 1.165) is 37.9 Å². The van der Waals surface area contributed by atoms with Crippen LogP contribution in [-0.4, -0.2) is 40.4 Å². The molecule has 0 spiro atoms. The van der Waals surface area contributed by atoms with E-state index >= 15 is 4.39 Å². The van der Waals surface area contributed by atoms with Gasteiger partial charge in [-0.05, 0) is 31.2 Å². The van der Waals surface area contributed by atoms with Gasteiger partial charge in [-0.1, -0.05) is 6.42 Å². The molecule has 1 unspecified atom stereocenters. The first-order valence-corrected chi connectivity index (χ1v) is 10.5. The molecule has 3 N–H and O–H groups in total. The van der Waals surface area contributed by atoms with Crippen molar-refractivity contribution in [2.24, 2.45) is 11.7 Å². The smallest absolute Gasteiger partial charge is 0.341 e. The Hall–Kier alpha value is -2.99. The maximum atomic E-state index is 15.4. The van der Waals surface area contributed by atoms with Crippen molar-refractivity contribution in [1.29, 1.82) is 5.26 Å². The molecule has 2 saturated carbocycles. The first-order valence-electron chi connectivity index (χ1n) is 10.5. The fourth-order valence-electron chi connectivity index (χ4n) is 5.49. The summed E-state index contributed by atoms with van der Waals surface area (Å²) < 4.78 is 30.6. The molecule has 1 aliphatic heterocycles. The van der Waals surface area contributed by atoms with Crippen molar-refractivity contribution in [3.63, 3.8) is 0 Å². The zero-order chi connectivity index (χ0) is 22.1. The van der Waals surface area contributed by atoms with E-state index in [-0.39, 0.29) is 28.6 Å².